The Bertz CT molecular complexity index is 376. The molecule has 0 aliphatic carbocycles. The molecular formula is C14H25N3O3. The monoisotopic (exact) mass is 283 g/mol. The average Bonchev–Trinajstić information content (AvgIpc) is 2.32. The fraction of sp³-hybridized carbons (Fsp3) is 0.857. The molecule has 0 bridgehead atoms. The molecule has 114 valence electrons. The molecule has 2 aliphatic heterocycles. The van der Waals surface area contributed by atoms with Gasteiger partial charge in [0.05, 0.1) is 0 Å². The molecule has 0 atom stereocenters. The molecule has 0 aromatic rings. The van der Waals surface area contributed by atoms with Crippen LogP contribution in [0.25, 0.3) is 0 Å². The summed E-state index contributed by atoms with van der Waals surface area (Å²) in [5.41, 5.74) is -0.212. The second kappa shape index (κ2) is 5.60. The Labute approximate surface area is 120 Å². The van der Waals surface area contributed by atoms with Crippen molar-refractivity contribution in [1.29, 1.82) is 0 Å². The normalized spacial score (nSPS) is 21.2. The largest absolute Gasteiger partial charge is 0.444 e. The van der Waals surface area contributed by atoms with Gasteiger partial charge in [-0.05, 0) is 46.7 Å². The zero-order valence-corrected chi connectivity index (χ0v) is 12.6. The average molecular weight is 283 g/mol. The van der Waals surface area contributed by atoms with Crippen molar-refractivity contribution >= 4 is 12.0 Å². The van der Waals surface area contributed by atoms with Crippen LogP contribution in [0.3, 0.4) is 0 Å². The van der Waals surface area contributed by atoms with Crippen molar-refractivity contribution in [2.45, 2.75) is 39.2 Å². The Hall–Kier alpha value is -1.30. The summed E-state index contributed by atoms with van der Waals surface area (Å²) in [6, 6.07) is 0. The fourth-order valence-electron chi connectivity index (χ4n) is 2.79. The lowest BCUT2D eigenvalue weighted by molar-refractivity contribution is -0.144. The number of likely N-dealkylation sites (tertiary alicyclic amines) is 1. The number of carbonyl (C=O) groups is 2. The molecule has 2 rings (SSSR count). The van der Waals surface area contributed by atoms with Gasteiger partial charge < -0.3 is 20.3 Å². The lowest BCUT2D eigenvalue weighted by atomic mass is 9.72. The smallest absolute Gasteiger partial charge is 0.408 e. The van der Waals surface area contributed by atoms with E-state index >= 15 is 0 Å². The third-order valence-electron chi connectivity index (χ3n) is 3.85. The van der Waals surface area contributed by atoms with E-state index in [4.69, 9.17) is 4.74 Å². The predicted octanol–water partition coefficient (Wildman–Crippen LogP) is 0.723. The number of piperidine rings is 1. The highest BCUT2D eigenvalue weighted by Crippen LogP contribution is 2.38. The van der Waals surface area contributed by atoms with Crippen molar-refractivity contribution < 1.29 is 14.3 Å². The third kappa shape index (κ3) is 3.85. The van der Waals surface area contributed by atoms with Gasteiger partial charge >= 0.3 is 6.09 Å². The van der Waals surface area contributed by atoms with Gasteiger partial charge in [0.2, 0.25) is 5.91 Å². The van der Waals surface area contributed by atoms with E-state index < -0.39 is 11.7 Å². The van der Waals surface area contributed by atoms with Crippen molar-refractivity contribution in [3.05, 3.63) is 0 Å². The summed E-state index contributed by atoms with van der Waals surface area (Å²) in [5.74, 6) is -0.0278. The van der Waals surface area contributed by atoms with Crippen LogP contribution < -0.4 is 10.6 Å². The van der Waals surface area contributed by atoms with Crippen molar-refractivity contribution in [1.82, 2.24) is 15.5 Å². The first-order chi connectivity index (χ1) is 9.30. The number of rotatable bonds is 2. The van der Waals surface area contributed by atoms with E-state index in [9.17, 15) is 9.59 Å². The Balaban J connectivity index is 1.68. The molecule has 0 radical (unpaired) electrons. The third-order valence-corrected chi connectivity index (χ3v) is 3.85. The first-order valence-electron chi connectivity index (χ1n) is 7.25. The van der Waals surface area contributed by atoms with Crippen LogP contribution in [0, 0.1) is 5.41 Å². The summed E-state index contributed by atoms with van der Waals surface area (Å²) >= 11 is 0. The Morgan fingerprint density at radius 2 is 1.85 bits per heavy atom. The Morgan fingerprint density at radius 1 is 1.25 bits per heavy atom. The van der Waals surface area contributed by atoms with Crippen molar-refractivity contribution in [3.63, 3.8) is 0 Å². The molecule has 6 nitrogen and oxygen atoms in total. The first-order valence-corrected chi connectivity index (χ1v) is 7.25. The van der Waals surface area contributed by atoms with Crippen LogP contribution in [0.4, 0.5) is 4.79 Å². The lowest BCUT2D eigenvalue weighted by Gasteiger charge is -2.52. The number of amides is 2. The van der Waals surface area contributed by atoms with Crippen molar-refractivity contribution in [3.8, 4) is 0 Å². The van der Waals surface area contributed by atoms with Crippen molar-refractivity contribution in [2.24, 2.45) is 5.41 Å². The second-order valence-electron chi connectivity index (χ2n) is 6.86. The summed E-state index contributed by atoms with van der Waals surface area (Å²) in [7, 11) is 0. The van der Waals surface area contributed by atoms with Gasteiger partial charge in [-0.25, -0.2) is 4.79 Å². The van der Waals surface area contributed by atoms with E-state index in [1.165, 1.54) is 0 Å². The van der Waals surface area contributed by atoms with Gasteiger partial charge in [-0.1, -0.05) is 0 Å². The topological polar surface area (TPSA) is 70.7 Å². The maximum absolute atomic E-state index is 12.0. The molecule has 2 aliphatic rings. The molecule has 2 amide bonds. The van der Waals surface area contributed by atoms with Gasteiger partial charge in [-0.15, -0.1) is 0 Å². The van der Waals surface area contributed by atoms with Crippen LogP contribution in [0.2, 0.25) is 0 Å². The molecule has 2 fully saturated rings. The first kappa shape index (κ1) is 15.1. The minimum Gasteiger partial charge on any atom is -0.444 e. The molecule has 2 N–H and O–H groups in total. The van der Waals surface area contributed by atoms with Crippen LogP contribution in [-0.2, 0) is 9.53 Å². The minimum absolute atomic E-state index is 0.0171. The molecule has 6 heteroatoms. The van der Waals surface area contributed by atoms with Crippen LogP contribution in [0.5, 0.6) is 0 Å². The van der Waals surface area contributed by atoms with Crippen molar-refractivity contribution in [2.75, 3.05) is 32.7 Å². The van der Waals surface area contributed by atoms with E-state index in [-0.39, 0.29) is 12.5 Å². The SMILES string of the molecule is CC(C)(C)OC(=O)NCC(=O)N1CC2(CCNCC2)C1. The highest BCUT2D eigenvalue weighted by atomic mass is 16.6. The van der Waals surface area contributed by atoms with Crippen LogP contribution in [0.15, 0.2) is 0 Å². The van der Waals surface area contributed by atoms with Crippen LogP contribution in [-0.4, -0.2) is 55.2 Å². The number of nitrogens with zero attached hydrogens (tertiary/aromatic N) is 1. The fourth-order valence-corrected chi connectivity index (χ4v) is 2.79. The zero-order valence-electron chi connectivity index (χ0n) is 12.6. The summed E-state index contributed by atoms with van der Waals surface area (Å²) < 4.78 is 5.10. The summed E-state index contributed by atoms with van der Waals surface area (Å²) in [6.07, 6.45) is 1.73. The molecule has 2 heterocycles. The van der Waals surface area contributed by atoms with Gasteiger partial charge in [-0.3, -0.25) is 4.79 Å². The second-order valence-corrected chi connectivity index (χ2v) is 6.86. The molecule has 0 aromatic carbocycles. The van der Waals surface area contributed by atoms with Gasteiger partial charge in [-0.2, -0.15) is 0 Å². The van der Waals surface area contributed by atoms with Gasteiger partial charge in [0, 0.05) is 18.5 Å². The molecule has 0 saturated carbocycles. The zero-order chi connectivity index (χ0) is 14.8. The molecule has 0 aromatic heterocycles. The number of carbonyl (C=O) groups excluding carboxylic acids is 2. The molecular weight excluding hydrogens is 258 g/mol. The summed E-state index contributed by atoms with van der Waals surface area (Å²) in [5, 5.41) is 5.85. The highest BCUT2D eigenvalue weighted by molar-refractivity contribution is 5.83. The van der Waals surface area contributed by atoms with E-state index in [1.807, 2.05) is 4.90 Å². The summed E-state index contributed by atoms with van der Waals surface area (Å²) in [6.45, 7) is 9.13. The van der Waals surface area contributed by atoms with Gasteiger partial charge in [0.25, 0.3) is 0 Å². The number of nitrogens with one attached hydrogen (secondary N) is 2. The highest BCUT2D eigenvalue weighted by Gasteiger charge is 2.45. The van der Waals surface area contributed by atoms with E-state index in [0.29, 0.717) is 5.41 Å². The summed E-state index contributed by atoms with van der Waals surface area (Å²) in [4.78, 5) is 25.3. The van der Waals surface area contributed by atoms with E-state index in [1.54, 1.807) is 20.8 Å². The minimum atomic E-state index is -0.539. The van der Waals surface area contributed by atoms with E-state index in [2.05, 4.69) is 10.6 Å². The van der Waals surface area contributed by atoms with Gasteiger partial charge in [0.15, 0.2) is 0 Å². The molecule has 20 heavy (non-hydrogen) atoms. The number of hydrogen-bond donors (Lipinski definition) is 2. The molecule has 2 saturated heterocycles. The maximum atomic E-state index is 12.0. The quantitative estimate of drug-likeness (QED) is 0.783. The van der Waals surface area contributed by atoms with Crippen LogP contribution in [0.1, 0.15) is 33.6 Å². The Kier molecular flexibility index (Phi) is 4.22. The maximum Gasteiger partial charge on any atom is 0.408 e. The molecule has 1 spiro atoms. The number of ether oxygens (including phenoxy) is 1. The van der Waals surface area contributed by atoms with E-state index in [0.717, 1.165) is 39.0 Å². The van der Waals surface area contributed by atoms with Crippen LogP contribution >= 0.6 is 0 Å². The Morgan fingerprint density at radius 3 is 2.40 bits per heavy atom. The predicted molar refractivity (Wildman–Crippen MR) is 75.4 cm³/mol. The molecule has 0 unspecified atom stereocenters. The standard InChI is InChI=1S/C14H25N3O3/c1-13(2,3)20-12(19)16-8-11(18)17-9-14(10-17)4-6-15-7-5-14/h15H,4-10H2,1-3H3,(H,16,19). The number of alkyl carbamates (subject to hydrolysis) is 1. The number of hydrogen-bond acceptors (Lipinski definition) is 4. The van der Waals surface area contributed by atoms with Gasteiger partial charge in [0.1, 0.15) is 12.1 Å². The lowest BCUT2D eigenvalue weighted by Crippen LogP contribution is -2.62.